The average Bonchev–Trinajstić information content (AvgIpc) is 2.93. The van der Waals surface area contributed by atoms with Crippen molar-refractivity contribution in [1.82, 2.24) is 14.9 Å². The monoisotopic (exact) mass is 365 g/mol. The summed E-state index contributed by atoms with van der Waals surface area (Å²) in [5.74, 6) is 0.793. The number of nitrogens with two attached hydrogens (primary N) is 1. The van der Waals surface area contributed by atoms with Crippen LogP contribution in [0.1, 0.15) is 31.7 Å². The number of carbonyl (C=O) groups is 1. The minimum absolute atomic E-state index is 0.0526. The molecule has 2 aromatic rings. The van der Waals surface area contributed by atoms with Gasteiger partial charge in [-0.25, -0.2) is 15.0 Å². The summed E-state index contributed by atoms with van der Waals surface area (Å²) >= 11 is 0. The molecule has 7 heteroatoms. The smallest absolute Gasteiger partial charge is 0.262 e. The molecule has 7 nitrogen and oxygen atoms in total. The van der Waals surface area contributed by atoms with Crippen LogP contribution in [0.2, 0.25) is 0 Å². The highest BCUT2D eigenvalue weighted by molar-refractivity contribution is 6.07. The maximum Gasteiger partial charge on any atom is 0.262 e. The third kappa shape index (κ3) is 2.65. The van der Waals surface area contributed by atoms with Gasteiger partial charge in [0.25, 0.3) is 5.91 Å². The number of guanidine groups is 1. The minimum atomic E-state index is -1.02. The Morgan fingerprint density at radius 3 is 2.74 bits per heavy atom. The number of aromatic nitrogens is 2. The highest BCUT2D eigenvalue weighted by Gasteiger charge is 2.56. The second-order valence-corrected chi connectivity index (χ2v) is 7.09. The van der Waals surface area contributed by atoms with Gasteiger partial charge in [-0.2, -0.15) is 0 Å². The predicted octanol–water partition coefficient (Wildman–Crippen LogP) is 2.32. The lowest BCUT2D eigenvalue weighted by molar-refractivity contribution is -0.134. The van der Waals surface area contributed by atoms with E-state index in [1.54, 1.807) is 19.4 Å². The summed E-state index contributed by atoms with van der Waals surface area (Å²) in [5.41, 5.74) is 7.61. The Bertz CT molecular complexity index is 899. The van der Waals surface area contributed by atoms with Crippen LogP contribution in [0.5, 0.6) is 5.75 Å². The zero-order valence-electron chi connectivity index (χ0n) is 15.6. The van der Waals surface area contributed by atoms with E-state index in [4.69, 9.17) is 15.5 Å². The summed E-state index contributed by atoms with van der Waals surface area (Å²) in [4.78, 5) is 27.7. The maximum absolute atomic E-state index is 13.3. The molecule has 0 saturated heterocycles. The molecule has 2 N–H and O–H groups in total. The molecule has 27 heavy (non-hydrogen) atoms. The number of fused-ring (bicyclic) bond motifs is 2. The number of ether oxygens (including phenoxy) is 1. The fraction of sp³-hybridized carbons (Fsp3) is 0.400. The van der Waals surface area contributed by atoms with Crippen LogP contribution in [0.15, 0.2) is 41.9 Å². The van der Waals surface area contributed by atoms with Crippen LogP contribution in [0.4, 0.5) is 0 Å². The fourth-order valence-electron chi connectivity index (χ4n) is 3.96. The largest absolute Gasteiger partial charge is 0.493 e. The molecule has 4 rings (SSSR count). The molecular formula is C20H23N5O2. The first-order chi connectivity index (χ1) is 13.1. The topological polar surface area (TPSA) is 93.7 Å². The Morgan fingerprint density at radius 1 is 1.30 bits per heavy atom. The summed E-state index contributed by atoms with van der Waals surface area (Å²) in [6.07, 6.45) is 7.90. The van der Waals surface area contributed by atoms with Gasteiger partial charge in [-0.1, -0.05) is 25.8 Å². The lowest BCUT2D eigenvalue weighted by atomic mass is 9.73. The number of likely N-dealkylation sites (N-methyl/N-ethyl adjacent to an activating group) is 1. The first-order valence-electron chi connectivity index (χ1n) is 9.24. The Kier molecular flexibility index (Phi) is 4.30. The standard InChI is InChI=1S/C20H23N5O2/c1-3-4-5-15-11-27-17-7-6-13(14-9-22-12-23-10-14)8-16(17)20(15)18(26)25(2)19(21)24-20/h6-10,12,15H,3-5,11H2,1-2H3,(H2,21,24)/t15-,20?/m1/s1. The number of carbonyl (C=O) groups excluding carboxylic acids is 1. The molecule has 2 aliphatic heterocycles. The number of hydrogen-bond acceptors (Lipinski definition) is 6. The van der Waals surface area contributed by atoms with Crippen LogP contribution in [0.3, 0.4) is 0 Å². The Balaban J connectivity index is 1.88. The average molecular weight is 365 g/mol. The zero-order valence-corrected chi connectivity index (χ0v) is 15.6. The summed E-state index contributed by atoms with van der Waals surface area (Å²) < 4.78 is 6.02. The second kappa shape index (κ2) is 6.64. The van der Waals surface area contributed by atoms with Crippen molar-refractivity contribution < 1.29 is 9.53 Å². The summed E-state index contributed by atoms with van der Waals surface area (Å²) in [7, 11) is 1.68. The summed E-state index contributed by atoms with van der Waals surface area (Å²) in [5, 5.41) is 0. The molecule has 3 heterocycles. The van der Waals surface area contributed by atoms with Gasteiger partial charge in [0.15, 0.2) is 11.5 Å². The van der Waals surface area contributed by atoms with Gasteiger partial charge in [-0.05, 0) is 24.1 Å². The Hall–Kier alpha value is -2.96. The molecule has 1 spiro atoms. The molecule has 1 aromatic heterocycles. The van der Waals surface area contributed by atoms with Crippen LogP contribution < -0.4 is 10.5 Å². The highest BCUT2D eigenvalue weighted by atomic mass is 16.5. The zero-order chi connectivity index (χ0) is 19.0. The van der Waals surface area contributed by atoms with E-state index < -0.39 is 5.54 Å². The molecule has 2 aliphatic rings. The number of aliphatic imine (C=N–C) groups is 1. The molecule has 140 valence electrons. The van der Waals surface area contributed by atoms with Gasteiger partial charge in [-0.3, -0.25) is 9.69 Å². The molecule has 1 aromatic carbocycles. The highest BCUT2D eigenvalue weighted by Crippen LogP contribution is 2.49. The quantitative estimate of drug-likeness (QED) is 0.897. The van der Waals surface area contributed by atoms with Crippen molar-refractivity contribution in [3.05, 3.63) is 42.5 Å². The van der Waals surface area contributed by atoms with Crippen LogP contribution in [-0.4, -0.2) is 40.4 Å². The first-order valence-corrected chi connectivity index (χ1v) is 9.24. The third-order valence-electron chi connectivity index (χ3n) is 5.49. The van der Waals surface area contributed by atoms with E-state index in [-0.39, 0.29) is 17.8 Å². The van der Waals surface area contributed by atoms with Crippen LogP contribution in [-0.2, 0) is 10.3 Å². The van der Waals surface area contributed by atoms with Gasteiger partial charge in [0.1, 0.15) is 12.1 Å². The van der Waals surface area contributed by atoms with Crippen molar-refractivity contribution in [3.8, 4) is 16.9 Å². The van der Waals surface area contributed by atoms with E-state index >= 15 is 0 Å². The summed E-state index contributed by atoms with van der Waals surface area (Å²) in [6.45, 7) is 2.59. The number of nitrogens with zero attached hydrogens (tertiary/aromatic N) is 4. The fourth-order valence-corrected chi connectivity index (χ4v) is 3.96. The molecule has 0 bridgehead atoms. The molecule has 0 radical (unpaired) electrons. The second-order valence-electron chi connectivity index (χ2n) is 7.09. The third-order valence-corrected chi connectivity index (χ3v) is 5.49. The van der Waals surface area contributed by atoms with Gasteiger partial charge in [0, 0.05) is 36.5 Å². The molecule has 0 saturated carbocycles. The van der Waals surface area contributed by atoms with E-state index in [2.05, 4.69) is 16.9 Å². The number of benzene rings is 1. The first kappa shape index (κ1) is 17.5. The van der Waals surface area contributed by atoms with E-state index in [9.17, 15) is 4.79 Å². The molecule has 0 fully saturated rings. The normalized spacial score (nSPS) is 23.9. The van der Waals surface area contributed by atoms with Crippen LogP contribution >= 0.6 is 0 Å². The molecule has 0 aliphatic carbocycles. The van der Waals surface area contributed by atoms with Crippen LogP contribution in [0.25, 0.3) is 11.1 Å². The van der Waals surface area contributed by atoms with E-state index in [1.807, 2.05) is 18.2 Å². The Morgan fingerprint density at radius 2 is 2.07 bits per heavy atom. The van der Waals surface area contributed by atoms with Gasteiger partial charge < -0.3 is 10.5 Å². The van der Waals surface area contributed by atoms with E-state index in [0.717, 1.165) is 36.0 Å². The van der Waals surface area contributed by atoms with E-state index in [0.29, 0.717) is 12.4 Å². The van der Waals surface area contributed by atoms with Crippen molar-refractivity contribution in [2.75, 3.05) is 13.7 Å². The Labute approximate surface area is 158 Å². The SMILES string of the molecule is CCCC[C@@H]1COc2ccc(-c3cncnc3)cc2C12N=C(N)N(C)C2=O. The van der Waals surface area contributed by atoms with Crippen molar-refractivity contribution in [3.63, 3.8) is 0 Å². The van der Waals surface area contributed by atoms with Crippen LogP contribution in [0, 0.1) is 5.92 Å². The van der Waals surface area contributed by atoms with Gasteiger partial charge in [0.2, 0.25) is 0 Å². The van der Waals surface area contributed by atoms with Crippen molar-refractivity contribution in [2.45, 2.75) is 31.7 Å². The number of amides is 1. The van der Waals surface area contributed by atoms with Crippen molar-refractivity contribution >= 4 is 11.9 Å². The number of unbranched alkanes of at least 4 members (excludes halogenated alkanes) is 1. The molecule has 1 amide bonds. The number of rotatable bonds is 4. The molecular weight excluding hydrogens is 342 g/mol. The van der Waals surface area contributed by atoms with Crippen molar-refractivity contribution in [1.29, 1.82) is 0 Å². The maximum atomic E-state index is 13.3. The molecule has 1 unspecified atom stereocenters. The van der Waals surface area contributed by atoms with Gasteiger partial charge in [-0.15, -0.1) is 0 Å². The van der Waals surface area contributed by atoms with E-state index in [1.165, 1.54) is 11.2 Å². The number of hydrogen-bond donors (Lipinski definition) is 1. The lowest BCUT2D eigenvalue weighted by Gasteiger charge is -2.39. The molecule has 2 atom stereocenters. The predicted molar refractivity (Wildman–Crippen MR) is 102 cm³/mol. The van der Waals surface area contributed by atoms with Gasteiger partial charge >= 0.3 is 0 Å². The van der Waals surface area contributed by atoms with Crippen molar-refractivity contribution in [2.24, 2.45) is 16.6 Å². The summed E-state index contributed by atoms with van der Waals surface area (Å²) in [6, 6.07) is 5.82. The van der Waals surface area contributed by atoms with Gasteiger partial charge in [0.05, 0.1) is 6.61 Å². The lowest BCUT2D eigenvalue weighted by Crippen LogP contribution is -2.49. The minimum Gasteiger partial charge on any atom is -0.493 e.